The van der Waals surface area contributed by atoms with Crippen LogP contribution < -0.4 is 5.32 Å². The molecule has 3 heteroatoms. The number of hydrogen-bond acceptors (Lipinski definition) is 2. The summed E-state index contributed by atoms with van der Waals surface area (Å²) in [5, 5.41) is 3.34. The molecule has 0 saturated heterocycles. The zero-order chi connectivity index (χ0) is 8.82. The van der Waals surface area contributed by atoms with Crippen LogP contribution in [0.15, 0.2) is 28.9 Å². The lowest BCUT2D eigenvalue weighted by atomic mass is 10.2. The molecule has 0 fully saturated rings. The summed E-state index contributed by atoms with van der Waals surface area (Å²) >= 11 is 0. The van der Waals surface area contributed by atoms with Crippen LogP contribution in [0.5, 0.6) is 0 Å². The van der Waals surface area contributed by atoms with Crippen LogP contribution in [0.25, 0.3) is 0 Å². The van der Waals surface area contributed by atoms with Gasteiger partial charge in [-0.05, 0) is 23.9 Å². The van der Waals surface area contributed by atoms with E-state index in [4.69, 9.17) is 0 Å². The van der Waals surface area contributed by atoms with Gasteiger partial charge in [0.1, 0.15) is 13.4 Å². The molecular weight excluding hydrogens is 164 g/mol. The first-order chi connectivity index (χ1) is 5.56. The van der Waals surface area contributed by atoms with Crippen molar-refractivity contribution in [2.75, 3.05) is 0 Å². The molecule has 1 N–H and O–H groups in total. The van der Waals surface area contributed by atoms with Crippen LogP contribution in [0.2, 0.25) is 19.6 Å². The molecule has 1 unspecified atom stereocenters. The topological polar surface area (TPSA) is 24.4 Å². The highest BCUT2D eigenvalue weighted by atomic mass is 28.3. The Kier molecular flexibility index (Phi) is 1.36. The lowest BCUT2D eigenvalue weighted by Gasteiger charge is -2.36. The summed E-state index contributed by atoms with van der Waals surface area (Å²) < 4.78 is 0. The van der Waals surface area contributed by atoms with Crippen LogP contribution in [0, 0.1) is 0 Å². The second-order valence-electron chi connectivity index (χ2n) is 4.34. The Morgan fingerprint density at radius 1 is 1.42 bits per heavy atom. The van der Waals surface area contributed by atoms with E-state index < -0.39 is 8.07 Å². The highest BCUT2D eigenvalue weighted by Gasteiger charge is 2.48. The number of aliphatic imine (C=N–C) groups is 1. The van der Waals surface area contributed by atoms with Crippen LogP contribution in [-0.2, 0) is 0 Å². The number of nitrogens with one attached hydrogen (secondary N) is 1. The van der Waals surface area contributed by atoms with Gasteiger partial charge in [-0.25, -0.2) is 0 Å². The molecule has 0 bridgehead atoms. The largest absolute Gasteiger partial charge is 0.367 e. The van der Waals surface area contributed by atoms with E-state index in [-0.39, 0.29) is 5.29 Å². The van der Waals surface area contributed by atoms with E-state index in [0.29, 0.717) is 0 Å². The third-order valence-corrected chi connectivity index (χ3v) is 5.31. The van der Waals surface area contributed by atoms with Gasteiger partial charge in [-0.2, -0.15) is 0 Å². The highest BCUT2D eigenvalue weighted by molar-refractivity contribution is 6.80. The molecule has 12 heavy (non-hydrogen) atoms. The van der Waals surface area contributed by atoms with Crippen LogP contribution in [0.1, 0.15) is 0 Å². The van der Waals surface area contributed by atoms with Gasteiger partial charge >= 0.3 is 0 Å². The van der Waals surface area contributed by atoms with Crippen molar-refractivity contribution >= 4 is 14.3 Å². The average Bonchev–Trinajstić information content (AvgIpc) is 2.37. The molecular formula is C9H14N2Si. The van der Waals surface area contributed by atoms with Gasteiger partial charge in [0.05, 0.1) is 0 Å². The van der Waals surface area contributed by atoms with Gasteiger partial charge in [0.2, 0.25) is 0 Å². The molecule has 2 aliphatic heterocycles. The third-order valence-electron chi connectivity index (χ3n) is 2.58. The molecule has 0 saturated carbocycles. The summed E-state index contributed by atoms with van der Waals surface area (Å²) in [7, 11) is -1.31. The molecule has 64 valence electrons. The minimum Gasteiger partial charge on any atom is -0.367 e. The van der Waals surface area contributed by atoms with E-state index >= 15 is 0 Å². The maximum absolute atomic E-state index is 4.57. The van der Waals surface area contributed by atoms with E-state index in [0.717, 1.165) is 0 Å². The van der Waals surface area contributed by atoms with Crippen molar-refractivity contribution in [3.8, 4) is 0 Å². The molecule has 0 spiro atoms. The standard InChI is InChI=1S/C9H14N2Si/c1-12(2,3)9-8(4-6-10-9)5-7-11-9/h4-7,10H,1-3H3. The normalized spacial score (nSPS) is 31.8. The number of allylic oxidation sites excluding steroid dienone is 1. The number of fused-ring (bicyclic) bond motifs is 1. The monoisotopic (exact) mass is 178 g/mol. The third kappa shape index (κ3) is 0.771. The predicted octanol–water partition coefficient (Wildman–Crippen LogP) is 1.69. The Morgan fingerprint density at radius 2 is 2.17 bits per heavy atom. The van der Waals surface area contributed by atoms with Gasteiger partial charge in [-0.3, -0.25) is 4.99 Å². The van der Waals surface area contributed by atoms with Crippen LogP contribution >= 0.6 is 0 Å². The van der Waals surface area contributed by atoms with Crippen molar-refractivity contribution in [2.45, 2.75) is 24.9 Å². The Bertz CT molecular complexity index is 296. The van der Waals surface area contributed by atoms with Crippen LogP contribution in [0.4, 0.5) is 0 Å². The highest BCUT2D eigenvalue weighted by Crippen LogP contribution is 2.36. The first kappa shape index (κ1) is 7.80. The van der Waals surface area contributed by atoms with Gasteiger partial charge < -0.3 is 5.32 Å². The number of hydrogen-bond donors (Lipinski definition) is 1. The number of rotatable bonds is 1. The van der Waals surface area contributed by atoms with Gasteiger partial charge in [0.15, 0.2) is 0 Å². The van der Waals surface area contributed by atoms with Gasteiger partial charge in [-0.1, -0.05) is 19.6 Å². The van der Waals surface area contributed by atoms with Gasteiger partial charge in [0.25, 0.3) is 0 Å². The van der Waals surface area contributed by atoms with E-state index in [1.54, 1.807) is 0 Å². The van der Waals surface area contributed by atoms with Crippen molar-refractivity contribution < 1.29 is 0 Å². The maximum Gasteiger partial charge on any atom is 0.139 e. The van der Waals surface area contributed by atoms with Crippen LogP contribution in [0.3, 0.4) is 0 Å². The number of nitrogens with zero attached hydrogens (tertiary/aromatic N) is 1. The van der Waals surface area contributed by atoms with E-state index in [9.17, 15) is 0 Å². The fourth-order valence-electron chi connectivity index (χ4n) is 1.82. The van der Waals surface area contributed by atoms with Crippen molar-refractivity contribution in [2.24, 2.45) is 4.99 Å². The van der Waals surface area contributed by atoms with Crippen molar-refractivity contribution in [1.29, 1.82) is 0 Å². The minimum absolute atomic E-state index is 0.0486. The molecule has 2 heterocycles. The second kappa shape index (κ2) is 2.10. The molecule has 0 aromatic rings. The average molecular weight is 178 g/mol. The zero-order valence-corrected chi connectivity index (χ0v) is 8.76. The van der Waals surface area contributed by atoms with Crippen molar-refractivity contribution in [1.82, 2.24) is 5.32 Å². The SMILES string of the molecule is C[Si](C)(C)C12N=CC=C1C=CN2. The Labute approximate surface area is 74.1 Å². The maximum atomic E-state index is 4.57. The summed E-state index contributed by atoms with van der Waals surface area (Å²) in [5.74, 6) is 0. The molecule has 0 amide bonds. The van der Waals surface area contributed by atoms with Crippen molar-refractivity contribution in [3.63, 3.8) is 0 Å². The van der Waals surface area contributed by atoms with Crippen LogP contribution in [-0.4, -0.2) is 19.6 Å². The van der Waals surface area contributed by atoms with Gasteiger partial charge in [0, 0.05) is 6.21 Å². The summed E-state index contributed by atoms with van der Waals surface area (Å²) in [6.07, 6.45) is 8.17. The fourth-order valence-corrected chi connectivity index (χ4v) is 3.83. The second-order valence-corrected chi connectivity index (χ2v) is 9.56. The molecule has 2 rings (SSSR count). The van der Waals surface area contributed by atoms with E-state index in [1.807, 2.05) is 12.4 Å². The Morgan fingerprint density at radius 3 is 2.75 bits per heavy atom. The van der Waals surface area contributed by atoms with E-state index in [1.165, 1.54) is 5.57 Å². The fraction of sp³-hybridized carbons (Fsp3) is 0.444. The molecule has 0 aromatic carbocycles. The summed E-state index contributed by atoms with van der Waals surface area (Å²) in [5.41, 5.74) is 1.33. The lowest BCUT2D eigenvalue weighted by molar-refractivity contribution is 0.644. The summed E-state index contributed by atoms with van der Waals surface area (Å²) in [6.45, 7) is 7.01. The summed E-state index contributed by atoms with van der Waals surface area (Å²) in [4.78, 5) is 4.57. The minimum atomic E-state index is -1.31. The molecule has 0 radical (unpaired) electrons. The molecule has 0 aliphatic carbocycles. The lowest BCUT2D eigenvalue weighted by Crippen LogP contribution is -2.57. The molecule has 2 nitrogen and oxygen atoms in total. The first-order valence-corrected chi connectivity index (χ1v) is 7.76. The molecule has 0 aromatic heterocycles. The van der Waals surface area contributed by atoms with Gasteiger partial charge in [-0.15, -0.1) is 0 Å². The Balaban J connectivity index is 2.46. The summed E-state index contributed by atoms with van der Waals surface area (Å²) in [6, 6.07) is 0. The Hall–Kier alpha value is -0.833. The zero-order valence-electron chi connectivity index (χ0n) is 7.76. The quantitative estimate of drug-likeness (QED) is 0.607. The first-order valence-electron chi connectivity index (χ1n) is 4.26. The predicted molar refractivity (Wildman–Crippen MR) is 54.9 cm³/mol. The smallest absolute Gasteiger partial charge is 0.139 e. The molecule has 2 aliphatic rings. The molecule has 1 atom stereocenters. The van der Waals surface area contributed by atoms with Crippen molar-refractivity contribution in [3.05, 3.63) is 23.9 Å². The van der Waals surface area contributed by atoms with E-state index in [2.05, 4.69) is 42.1 Å².